The molecule has 0 aromatic carbocycles. The van der Waals surface area contributed by atoms with Crippen LogP contribution in [0.15, 0.2) is 0 Å². The Labute approximate surface area is 122 Å². The van der Waals surface area contributed by atoms with Crippen molar-refractivity contribution in [3.63, 3.8) is 0 Å². The van der Waals surface area contributed by atoms with Gasteiger partial charge in [-0.05, 0) is 58.5 Å². The summed E-state index contributed by atoms with van der Waals surface area (Å²) >= 11 is 0. The van der Waals surface area contributed by atoms with E-state index in [1.807, 2.05) is 13.8 Å². The number of nitrogens with zero attached hydrogens (tertiary/aromatic N) is 1. The van der Waals surface area contributed by atoms with Crippen molar-refractivity contribution >= 4 is 5.97 Å². The molecular formula is C16H28N2O2. The zero-order chi connectivity index (χ0) is 15.0. The number of hydrogen-bond donors (Lipinski definition) is 2. The van der Waals surface area contributed by atoms with Crippen molar-refractivity contribution in [2.24, 2.45) is 17.3 Å². The highest BCUT2D eigenvalue weighted by atomic mass is 16.4. The summed E-state index contributed by atoms with van der Waals surface area (Å²) in [5.41, 5.74) is -0.224. The first kappa shape index (κ1) is 17.0. The molecule has 1 aliphatic rings. The zero-order valence-corrected chi connectivity index (χ0v) is 12.8. The quantitative estimate of drug-likeness (QED) is 0.670. The molecule has 0 aliphatic heterocycles. The first-order chi connectivity index (χ1) is 9.46. The molecule has 2 N–H and O–H groups in total. The fourth-order valence-corrected chi connectivity index (χ4v) is 2.94. The molecule has 1 aliphatic carbocycles. The summed E-state index contributed by atoms with van der Waals surface area (Å²) in [6, 6.07) is 2.32. The SMILES string of the molecule is CC(C)(C#N)CCCCNCC1CCCCC1C(=O)O. The van der Waals surface area contributed by atoms with Crippen molar-refractivity contribution in [1.82, 2.24) is 5.32 Å². The fourth-order valence-electron chi connectivity index (χ4n) is 2.94. The Kier molecular flexibility index (Phi) is 7.01. The Bertz CT molecular complexity index is 347. The number of nitriles is 1. The minimum atomic E-state index is -0.632. The minimum absolute atomic E-state index is 0.159. The number of carbonyl (C=O) groups is 1. The van der Waals surface area contributed by atoms with Gasteiger partial charge in [0.05, 0.1) is 17.4 Å². The Morgan fingerprint density at radius 2 is 2.05 bits per heavy atom. The maximum absolute atomic E-state index is 11.2. The van der Waals surface area contributed by atoms with Crippen LogP contribution in [0.3, 0.4) is 0 Å². The number of unbranched alkanes of at least 4 members (excludes halogenated alkanes) is 1. The van der Waals surface area contributed by atoms with Crippen LogP contribution < -0.4 is 5.32 Å². The van der Waals surface area contributed by atoms with E-state index in [-0.39, 0.29) is 17.3 Å². The molecule has 0 amide bonds. The number of carboxylic acids is 1. The normalized spacial score (nSPS) is 23.2. The van der Waals surface area contributed by atoms with Gasteiger partial charge in [0.15, 0.2) is 0 Å². The number of rotatable bonds is 8. The van der Waals surface area contributed by atoms with Gasteiger partial charge in [0, 0.05) is 0 Å². The molecule has 4 heteroatoms. The summed E-state index contributed by atoms with van der Waals surface area (Å²) in [7, 11) is 0. The molecule has 0 heterocycles. The smallest absolute Gasteiger partial charge is 0.306 e. The van der Waals surface area contributed by atoms with E-state index >= 15 is 0 Å². The van der Waals surface area contributed by atoms with Crippen LogP contribution in [0.5, 0.6) is 0 Å². The lowest BCUT2D eigenvalue weighted by molar-refractivity contribution is -0.144. The van der Waals surface area contributed by atoms with E-state index < -0.39 is 5.97 Å². The van der Waals surface area contributed by atoms with Crippen molar-refractivity contribution in [3.8, 4) is 6.07 Å². The molecule has 4 nitrogen and oxygen atoms in total. The molecule has 0 aromatic rings. The number of aliphatic carboxylic acids is 1. The van der Waals surface area contributed by atoms with Crippen LogP contribution in [0.2, 0.25) is 0 Å². The number of nitrogens with one attached hydrogen (secondary N) is 1. The van der Waals surface area contributed by atoms with Crippen LogP contribution in [-0.2, 0) is 4.79 Å². The average Bonchev–Trinajstić information content (AvgIpc) is 2.43. The van der Waals surface area contributed by atoms with Crippen molar-refractivity contribution in [2.45, 2.75) is 58.8 Å². The summed E-state index contributed by atoms with van der Waals surface area (Å²) in [6.07, 6.45) is 7.09. The molecule has 2 atom stereocenters. The van der Waals surface area contributed by atoms with Gasteiger partial charge in [-0.15, -0.1) is 0 Å². The van der Waals surface area contributed by atoms with E-state index in [0.717, 1.165) is 58.0 Å². The van der Waals surface area contributed by atoms with Gasteiger partial charge in [-0.25, -0.2) is 0 Å². The predicted octanol–water partition coefficient (Wildman–Crippen LogP) is 3.19. The molecule has 0 radical (unpaired) electrons. The highest BCUT2D eigenvalue weighted by Gasteiger charge is 2.30. The van der Waals surface area contributed by atoms with E-state index in [2.05, 4.69) is 11.4 Å². The van der Waals surface area contributed by atoms with Crippen molar-refractivity contribution in [1.29, 1.82) is 5.26 Å². The molecule has 114 valence electrons. The lowest BCUT2D eigenvalue weighted by atomic mass is 9.79. The molecular weight excluding hydrogens is 252 g/mol. The summed E-state index contributed by atoms with van der Waals surface area (Å²) in [4.78, 5) is 11.2. The largest absolute Gasteiger partial charge is 0.481 e. The van der Waals surface area contributed by atoms with Gasteiger partial charge in [-0.3, -0.25) is 4.79 Å². The first-order valence-corrected chi connectivity index (χ1v) is 7.81. The number of carboxylic acid groups (broad SMARTS) is 1. The molecule has 0 aromatic heterocycles. The monoisotopic (exact) mass is 280 g/mol. The Balaban J connectivity index is 2.14. The second kappa shape index (κ2) is 8.26. The third-order valence-electron chi connectivity index (χ3n) is 4.34. The summed E-state index contributed by atoms with van der Waals surface area (Å²) in [5.74, 6) is -0.502. The Morgan fingerprint density at radius 1 is 1.35 bits per heavy atom. The van der Waals surface area contributed by atoms with E-state index in [4.69, 9.17) is 5.26 Å². The summed E-state index contributed by atoms with van der Waals surface area (Å²) < 4.78 is 0. The van der Waals surface area contributed by atoms with Gasteiger partial charge >= 0.3 is 5.97 Å². The first-order valence-electron chi connectivity index (χ1n) is 7.81. The van der Waals surface area contributed by atoms with Crippen LogP contribution in [0.25, 0.3) is 0 Å². The van der Waals surface area contributed by atoms with Crippen molar-refractivity contribution < 1.29 is 9.90 Å². The van der Waals surface area contributed by atoms with E-state index in [1.54, 1.807) is 0 Å². The molecule has 2 unspecified atom stereocenters. The zero-order valence-electron chi connectivity index (χ0n) is 12.8. The minimum Gasteiger partial charge on any atom is -0.481 e. The summed E-state index contributed by atoms with van der Waals surface area (Å²) in [6.45, 7) is 5.68. The molecule has 20 heavy (non-hydrogen) atoms. The average molecular weight is 280 g/mol. The van der Waals surface area contributed by atoms with Gasteiger partial charge in [-0.1, -0.05) is 19.3 Å². The van der Waals surface area contributed by atoms with E-state index in [9.17, 15) is 9.90 Å². The maximum Gasteiger partial charge on any atom is 0.306 e. The van der Waals surface area contributed by atoms with Crippen LogP contribution in [0.4, 0.5) is 0 Å². The van der Waals surface area contributed by atoms with Gasteiger partial charge in [0.2, 0.25) is 0 Å². The van der Waals surface area contributed by atoms with Gasteiger partial charge in [0.25, 0.3) is 0 Å². The van der Waals surface area contributed by atoms with Crippen LogP contribution in [0.1, 0.15) is 58.8 Å². The molecule has 0 spiro atoms. The van der Waals surface area contributed by atoms with Crippen molar-refractivity contribution in [3.05, 3.63) is 0 Å². The third-order valence-corrected chi connectivity index (χ3v) is 4.34. The number of hydrogen-bond acceptors (Lipinski definition) is 3. The van der Waals surface area contributed by atoms with Crippen LogP contribution in [0, 0.1) is 28.6 Å². The third kappa shape index (κ3) is 5.92. The summed E-state index contributed by atoms with van der Waals surface area (Å²) in [5, 5.41) is 21.5. The molecule has 1 saturated carbocycles. The lowest BCUT2D eigenvalue weighted by Gasteiger charge is -2.28. The topological polar surface area (TPSA) is 73.1 Å². The maximum atomic E-state index is 11.2. The van der Waals surface area contributed by atoms with E-state index in [1.165, 1.54) is 0 Å². The van der Waals surface area contributed by atoms with Crippen LogP contribution >= 0.6 is 0 Å². The molecule has 0 saturated heterocycles. The Morgan fingerprint density at radius 3 is 2.70 bits per heavy atom. The fraction of sp³-hybridized carbons (Fsp3) is 0.875. The lowest BCUT2D eigenvalue weighted by Crippen LogP contribution is -2.35. The molecule has 0 bridgehead atoms. The Hall–Kier alpha value is -1.08. The van der Waals surface area contributed by atoms with Gasteiger partial charge in [0.1, 0.15) is 0 Å². The highest BCUT2D eigenvalue weighted by molar-refractivity contribution is 5.70. The van der Waals surface area contributed by atoms with Gasteiger partial charge < -0.3 is 10.4 Å². The predicted molar refractivity (Wildman–Crippen MR) is 79.2 cm³/mol. The van der Waals surface area contributed by atoms with Crippen molar-refractivity contribution in [2.75, 3.05) is 13.1 Å². The van der Waals surface area contributed by atoms with Crippen LogP contribution in [-0.4, -0.2) is 24.2 Å². The molecule has 1 fully saturated rings. The van der Waals surface area contributed by atoms with E-state index in [0.29, 0.717) is 0 Å². The van der Waals surface area contributed by atoms with Gasteiger partial charge in [-0.2, -0.15) is 5.26 Å². The second-order valence-electron chi connectivity index (χ2n) is 6.65. The highest BCUT2D eigenvalue weighted by Crippen LogP contribution is 2.29. The standard InChI is InChI=1S/C16H28N2O2/c1-16(2,12-17)9-5-6-10-18-11-13-7-3-4-8-14(13)15(19)20/h13-14,18H,3-11H2,1-2H3,(H,19,20). The molecule has 1 rings (SSSR count). The second-order valence-corrected chi connectivity index (χ2v) is 6.65.